The molecule has 2 N–H and O–H groups in total. The van der Waals surface area contributed by atoms with E-state index in [1.807, 2.05) is 30.0 Å². The molecule has 0 bridgehead atoms. The number of hydrogen-bond acceptors (Lipinski definition) is 5. The van der Waals surface area contributed by atoms with Gasteiger partial charge >= 0.3 is 0 Å². The molecule has 1 aliphatic heterocycles. The number of rotatable bonds is 6. The SMILES string of the molecule is COc1ccc(NC2CCSCC2)cc1OCCO. The van der Waals surface area contributed by atoms with Gasteiger partial charge in [-0.05, 0) is 36.5 Å². The highest BCUT2D eigenvalue weighted by molar-refractivity contribution is 7.99. The number of benzene rings is 1. The summed E-state index contributed by atoms with van der Waals surface area (Å²) in [5.74, 6) is 3.81. The van der Waals surface area contributed by atoms with Crippen LogP contribution in [-0.2, 0) is 0 Å². The zero-order valence-electron chi connectivity index (χ0n) is 11.2. The first kappa shape index (κ1) is 14.3. The zero-order chi connectivity index (χ0) is 13.5. The number of anilines is 1. The van der Waals surface area contributed by atoms with E-state index in [9.17, 15) is 0 Å². The number of aliphatic hydroxyl groups is 1. The highest BCUT2D eigenvalue weighted by atomic mass is 32.2. The number of aliphatic hydroxyl groups excluding tert-OH is 1. The molecule has 1 aromatic carbocycles. The molecule has 1 aromatic rings. The van der Waals surface area contributed by atoms with Crippen LogP contribution in [0.3, 0.4) is 0 Å². The third kappa shape index (κ3) is 4.21. The van der Waals surface area contributed by atoms with Crippen molar-refractivity contribution in [3.05, 3.63) is 18.2 Å². The van der Waals surface area contributed by atoms with Crippen molar-refractivity contribution in [2.24, 2.45) is 0 Å². The van der Waals surface area contributed by atoms with Crippen LogP contribution >= 0.6 is 11.8 Å². The Balaban J connectivity index is 2.03. The quantitative estimate of drug-likeness (QED) is 0.839. The molecule has 0 amide bonds. The molecule has 0 radical (unpaired) electrons. The topological polar surface area (TPSA) is 50.7 Å². The number of hydrogen-bond donors (Lipinski definition) is 2. The zero-order valence-corrected chi connectivity index (χ0v) is 12.0. The van der Waals surface area contributed by atoms with Gasteiger partial charge < -0.3 is 19.9 Å². The molecule has 1 fully saturated rings. The fourth-order valence-electron chi connectivity index (χ4n) is 2.11. The summed E-state index contributed by atoms with van der Waals surface area (Å²) in [5.41, 5.74) is 1.05. The molecule has 4 nitrogen and oxygen atoms in total. The van der Waals surface area contributed by atoms with Gasteiger partial charge in [0.25, 0.3) is 0 Å². The molecule has 0 atom stereocenters. The van der Waals surface area contributed by atoms with Gasteiger partial charge in [-0.2, -0.15) is 11.8 Å². The average molecular weight is 283 g/mol. The molecule has 0 aliphatic carbocycles. The Bertz CT molecular complexity index is 394. The van der Waals surface area contributed by atoms with E-state index in [2.05, 4.69) is 5.32 Å². The molecule has 1 saturated heterocycles. The van der Waals surface area contributed by atoms with Crippen molar-refractivity contribution >= 4 is 17.4 Å². The second kappa shape index (κ2) is 7.50. The van der Waals surface area contributed by atoms with Crippen LogP contribution in [0, 0.1) is 0 Å². The first-order chi connectivity index (χ1) is 9.33. The Labute approximate surface area is 118 Å². The second-order valence-electron chi connectivity index (χ2n) is 4.47. The lowest BCUT2D eigenvalue weighted by molar-refractivity contribution is 0.196. The third-order valence-electron chi connectivity index (χ3n) is 3.10. The molecule has 106 valence electrons. The Kier molecular flexibility index (Phi) is 5.66. The second-order valence-corrected chi connectivity index (χ2v) is 5.69. The van der Waals surface area contributed by atoms with Crippen LogP contribution in [-0.4, -0.2) is 43.0 Å². The van der Waals surface area contributed by atoms with Crippen LogP contribution in [0.1, 0.15) is 12.8 Å². The predicted octanol–water partition coefficient (Wildman–Crippen LogP) is 2.37. The van der Waals surface area contributed by atoms with Crippen LogP contribution in [0.25, 0.3) is 0 Å². The monoisotopic (exact) mass is 283 g/mol. The molecule has 0 saturated carbocycles. The van der Waals surface area contributed by atoms with Crippen LogP contribution < -0.4 is 14.8 Å². The van der Waals surface area contributed by atoms with Gasteiger partial charge in [0.05, 0.1) is 13.7 Å². The average Bonchev–Trinajstić information content (AvgIpc) is 2.46. The molecular weight excluding hydrogens is 262 g/mol. The van der Waals surface area contributed by atoms with Gasteiger partial charge in [-0.15, -0.1) is 0 Å². The van der Waals surface area contributed by atoms with E-state index >= 15 is 0 Å². The number of thioether (sulfide) groups is 1. The summed E-state index contributed by atoms with van der Waals surface area (Å²) in [6, 6.07) is 6.38. The van der Waals surface area contributed by atoms with Crippen LogP contribution in [0.15, 0.2) is 18.2 Å². The highest BCUT2D eigenvalue weighted by Crippen LogP contribution is 2.31. The van der Waals surface area contributed by atoms with Crippen molar-refractivity contribution in [3.63, 3.8) is 0 Å². The van der Waals surface area contributed by atoms with Gasteiger partial charge in [-0.3, -0.25) is 0 Å². The summed E-state index contributed by atoms with van der Waals surface area (Å²) in [6.07, 6.45) is 2.40. The van der Waals surface area contributed by atoms with Gasteiger partial charge in [0.2, 0.25) is 0 Å². The Morgan fingerprint density at radius 2 is 2.11 bits per heavy atom. The summed E-state index contributed by atoms with van der Waals surface area (Å²) >= 11 is 2.02. The van der Waals surface area contributed by atoms with E-state index in [0.29, 0.717) is 17.5 Å². The van der Waals surface area contributed by atoms with Crippen molar-refractivity contribution in [2.75, 3.05) is 37.1 Å². The van der Waals surface area contributed by atoms with Gasteiger partial charge in [0.1, 0.15) is 6.61 Å². The minimum absolute atomic E-state index is 0.000653. The Hall–Kier alpha value is -1.07. The molecule has 0 spiro atoms. The van der Waals surface area contributed by atoms with E-state index in [0.717, 1.165) is 5.69 Å². The van der Waals surface area contributed by atoms with Crippen molar-refractivity contribution in [3.8, 4) is 11.5 Å². The van der Waals surface area contributed by atoms with E-state index in [1.54, 1.807) is 7.11 Å². The Morgan fingerprint density at radius 1 is 1.32 bits per heavy atom. The van der Waals surface area contributed by atoms with E-state index < -0.39 is 0 Å². The molecule has 5 heteroatoms. The fourth-order valence-corrected chi connectivity index (χ4v) is 3.22. The van der Waals surface area contributed by atoms with Crippen LogP contribution in [0.4, 0.5) is 5.69 Å². The summed E-state index contributed by atoms with van der Waals surface area (Å²) in [7, 11) is 1.62. The standard InChI is InChI=1S/C14H21NO3S/c1-17-13-3-2-12(10-14(13)18-7-6-16)15-11-4-8-19-9-5-11/h2-3,10-11,15-16H,4-9H2,1H3. The summed E-state index contributed by atoms with van der Waals surface area (Å²) in [4.78, 5) is 0. The normalized spacial score (nSPS) is 16.1. The lowest BCUT2D eigenvalue weighted by Gasteiger charge is -2.24. The first-order valence-electron chi connectivity index (χ1n) is 6.59. The lowest BCUT2D eigenvalue weighted by Crippen LogP contribution is -2.24. The summed E-state index contributed by atoms with van der Waals surface area (Å²) in [6.45, 7) is 0.278. The fraction of sp³-hybridized carbons (Fsp3) is 0.571. The van der Waals surface area contributed by atoms with Gasteiger partial charge in [0.15, 0.2) is 11.5 Å². The number of methoxy groups -OCH3 is 1. The van der Waals surface area contributed by atoms with Crippen LogP contribution in [0.5, 0.6) is 11.5 Å². The summed E-state index contributed by atoms with van der Waals surface area (Å²) < 4.78 is 10.7. The van der Waals surface area contributed by atoms with Crippen molar-refractivity contribution in [1.29, 1.82) is 0 Å². The van der Waals surface area contributed by atoms with Crippen molar-refractivity contribution < 1.29 is 14.6 Å². The smallest absolute Gasteiger partial charge is 0.163 e. The maximum absolute atomic E-state index is 8.84. The number of nitrogens with one attached hydrogen (secondary N) is 1. The maximum Gasteiger partial charge on any atom is 0.163 e. The molecule has 2 rings (SSSR count). The predicted molar refractivity (Wildman–Crippen MR) is 79.5 cm³/mol. The minimum Gasteiger partial charge on any atom is -0.493 e. The third-order valence-corrected chi connectivity index (χ3v) is 4.15. The number of ether oxygens (including phenoxy) is 2. The van der Waals surface area contributed by atoms with E-state index in [4.69, 9.17) is 14.6 Å². The molecule has 0 unspecified atom stereocenters. The Morgan fingerprint density at radius 3 is 2.79 bits per heavy atom. The lowest BCUT2D eigenvalue weighted by atomic mass is 10.1. The van der Waals surface area contributed by atoms with Crippen molar-refractivity contribution in [1.82, 2.24) is 0 Å². The molecule has 1 aliphatic rings. The maximum atomic E-state index is 8.84. The van der Waals surface area contributed by atoms with E-state index in [1.165, 1.54) is 24.3 Å². The van der Waals surface area contributed by atoms with Crippen molar-refractivity contribution in [2.45, 2.75) is 18.9 Å². The first-order valence-corrected chi connectivity index (χ1v) is 7.75. The van der Waals surface area contributed by atoms with Crippen LogP contribution in [0.2, 0.25) is 0 Å². The molecule has 19 heavy (non-hydrogen) atoms. The van der Waals surface area contributed by atoms with Gasteiger partial charge in [-0.25, -0.2) is 0 Å². The molecular formula is C14H21NO3S. The molecule has 1 heterocycles. The van der Waals surface area contributed by atoms with Gasteiger partial charge in [0, 0.05) is 17.8 Å². The van der Waals surface area contributed by atoms with Gasteiger partial charge in [-0.1, -0.05) is 0 Å². The molecule has 0 aromatic heterocycles. The highest BCUT2D eigenvalue weighted by Gasteiger charge is 2.14. The largest absolute Gasteiger partial charge is 0.493 e. The van der Waals surface area contributed by atoms with E-state index in [-0.39, 0.29) is 13.2 Å². The summed E-state index contributed by atoms with van der Waals surface area (Å²) in [5, 5.41) is 12.4. The minimum atomic E-state index is 0.000653.